The predicted molar refractivity (Wildman–Crippen MR) is 113 cm³/mol. The van der Waals surface area contributed by atoms with Crippen LogP contribution in [0.3, 0.4) is 0 Å². The number of nitriles is 1. The molecule has 1 fully saturated rings. The molecule has 0 unspecified atom stereocenters. The van der Waals surface area contributed by atoms with Gasteiger partial charge in [0.2, 0.25) is 0 Å². The van der Waals surface area contributed by atoms with Gasteiger partial charge in [-0.15, -0.1) is 0 Å². The Labute approximate surface area is 178 Å². The number of fused-ring (bicyclic) bond motifs is 1. The molecule has 0 spiro atoms. The van der Waals surface area contributed by atoms with Gasteiger partial charge in [-0.2, -0.15) is 5.26 Å². The molecular weight excluding hydrogens is 398 g/mol. The van der Waals surface area contributed by atoms with Crippen LogP contribution in [-0.2, 0) is 23.0 Å². The van der Waals surface area contributed by atoms with Crippen molar-refractivity contribution in [3.63, 3.8) is 0 Å². The van der Waals surface area contributed by atoms with E-state index in [-0.39, 0.29) is 12.3 Å². The number of aryl methyl sites for hydroxylation is 1. The number of hydrogen-bond acceptors (Lipinski definition) is 7. The molecule has 1 saturated heterocycles. The molecule has 2 N–H and O–H groups in total. The third-order valence-electron chi connectivity index (χ3n) is 5.27. The Morgan fingerprint density at radius 1 is 1.39 bits per heavy atom. The van der Waals surface area contributed by atoms with Gasteiger partial charge in [-0.1, -0.05) is 12.1 Å². The van der Waals surface area contributed by atoms with Crippen LogP contribution in [0.15, 0.2) is 45.7 Å². The summed E-state index contributed by atoms with van der Waals surface area (Å²) in [5.74, 6) is -0.702. The Bertz CT molecular complexity index is 1170. The minimum Gasteiger partial charge on any atom is -0.408 e. The molecule has 0 radical (unpaired) electrons. The van der Waals surface area contributed by atoms with Gasteiger partial charge in [0.25, 0.3) is 5.91 Å². The SMILES string of the molecule is Cn1c(=O)oc2ccc(-c3ccc(C[C@H](C#N)NC(=O)[C@@H]4CNCCCO4)nc3)cc21. The maximum Gasteiger partial charge on any atom is 0.419 e. The molecule has 9 nitrogen and oxygen atoms in total. The van der Waals surface area contributed by atoms with Crippen LogP contribution >= 0.6 is 0 Å². The van der Waals surface area contributed by atoms with E-state index in [1.54, 1.807) is 19.3 Å². The van der Waals surface area contributed by atoms with Crippen LogP contribution in [0.25, 0.3) is 22.2 Å². The minimum atomic E-state index is -0.700. The number of aromatic nitrogens is 2. The number of hydrogen-bond donors (Lipinski definition) is 2. The van der Waals surface area contributed by atoms with Crippen LogP contribution in [0.2, 0.25) is 0 Å². The number of carbonyl (C=O) groups is 1. The van der Waals surface area contributed by atoms with Gasteiger partial charge in [-0.25, -0.2) is 4.79 Å². The molecule has 3 heterocycles. The smallest absolute Gasteiger partial charge is 0.408 e. The molecular formula is C22H23N5O4. The van der Waals surface area contributed by atoms with E-state index in [0.29, 0.717) is 29.9 Å². The van der Waals surface area contributed by atoms with E-state index < -0.39 is 17.9 Å². The first-order valence-corrected chi connectivity index (χ1v) is 10.1. The third kappa shape index (κ3) is 4.66. The number of oxazole rings is 1. The van der Waals surface area contributed by atoms with Crippen molar-refractivity contribution in [1.82, 2.24) is 20.2 Å². The summed E-state index contributed by atoms with van der Waals surface area (Å²) < 4.78 is 12.2. The van der Waals surface area contributed by atoms with E-state index in [4.69, 9.17) is 9.15 Å². The van der Waals surface area contributed by atoms with E-state index in [1.807, 2.05) is 24.3 Å². The Morgan fingerprint density at radius 3 is 3.00 bits per heavy atom. The fourth-order valence-electron chi connectivity index (χ4n) is 3.51. The lowest BCUT2D eigenvalue weighted by molar-refractivity contribution is -0.132. The van der Waals surface area contributed by atoms with Crippen molar-refractivity contribution < 1.29 is 13.9 Å². The van der Waals surface area contributed by atoms with E-state index in [1.165, 1.54) is 4.57 Å². The zero-order valence-electron chi connectivity index (χ0n) is 17.1. The summed E-state index contributed by atoms with van der Waals surface area (Å²) >= 11 is 0. The number of nitrogens with zero attached hydrogens (tertiary/aromatic N) is 3. The largest absolute Gasteiger partial charge is 0.419 e. The molecule has 1 aliphatic rings. The standard InChI is InChI=1S/C22H23N5O4/c1-27-18-9-14(4-6-19(18)31-22(27)29)15-3-5-16(25-12-15)10-17(11-23)26-21(28)20-13-24-7-2-8-30-20/h3-6,9,12,17,20,24H,2,7-8,10,13H2,1H3,(H,26,28)/t17-,20+/m1/s1. The van der Waals surface area contributed by atoms with Gasteiger partial charge in [0.05, 0.1) is 11.6 Å². The second-order valence-electron chi connectivity index (χ2n) is 7.46. The Morgan fingerprint density at radius 2 is 2.23 bits per heavy atom. The molecule has 1 amide bonds. The number of pyridine rings is 1. The fraction of sp³-hybridized carbons (Fsp3) is 0.364. The molecule has 0 saturated carbocycles. The van der Waals surface area contributed by atoms with Crippen LogP contribution < -0.4 is 16.4 Å². The first-order valence-electron chi connectivity index (χ1n) is 10.1. The summed E-state index contributed by atoms with van der Waals surface area (Å²) in [6.45, 7) is 1.76. The molecule has 1 aromatic carbocycles. The van der Waals surface area contributed by atoms with Crippen LogP contribution in [-0.4, -0.2) is 47.3 Å². The van der Waals surface area contributed by atoms with Crippen molar-refractivity contribution in [2.24, 2.45) is 7.05 Å². The number of benzene rings is 1. The van der Waals surface area contributed by atoms with Gasteiger partial charge in [-0.3, -0.25) is 14.3 Å². The Balaban J connectivity index is 1.43. The number of carbonyl (C=O) groups excluding carboxylic acids is 1. The average molecular weight is 421 g/mol. The summed E-state index contributed by atoms with van der Waals surface area (Å²) in [5.41, 5.74) is 3.68. The molecule has 2 aromatic heterocycles. The van der Waals surface area contributed by atoms with Crippen molar-refractivity contribution in [3.05, 3.63) is 52.8 Å². The molecule has 9 heteroatoms. The Hall–Kier alpha value is -3.48. The van der Waals surface area contributed by atoms with Gasteiger partial charge >= 0.3 is 5.76 Å². The quantitative estimate of drug-likeness (QED) is 0.633. The third-order valence-corrected chi connectivity index (χ3v) is 5.27. The molecule has 0 aliphatic carbocycles. The van der Waals surface area contributed by atoms with Crippen molar-refractivity contribution in [1.29, 1.82) is 5.26 Å². The highest BCUT2D eigenvalue weighted by Gasteiger charge is 2.23. The Kier molecular flexibility index (Phi) is 6.11. The van der Waals surface area contributed by atoms with Gasteiger partial charge in [0.15, 0.2) is 5.58 Å². The van der Waals surface area contributed by atoms with Gasteiger partial charge < -0.3 is 19.8 Å². The maximum atomic E-state index is 12.4. The zero-order valence-corrected chi connectivity index (χ0v) is 17.1. The number of rotatable bonds is 5. The van der Waals surface area contributed by atoms with E-state index >= 15 is 0 Å². The van der Waals surface area contributed by atoms with Crippen molar-refractivity contribution in [3.8, 4) is 17.2 Å². The lowest BCUT2D eigenvalue weighted by atomic mass is 10.1. The molecule has 4 rings (SSSR count). The highest BCUT2D eigenvalue weighted by Crippen LogP contribution is 2.23. The summed E-state index contributed by atoms with van der Waals surface area (Å²) in [4.78, 5) is 28.5. The maximum absolute atomic E-state index is 12.4. The van der Waals surface area contributed by atoms with E-state index in [9.17, 15) is 14.9 Å². The lowest BCUT2D eigenvalue weighted by Gasteiger charge is -2.17. The molecule has 2 atom stereocenters. The van der Waals surface area contributed by atoms with E-state index in [2.05, 4.69) is 21.7 Å². The molecule has 0 bridgehead atoms. The average Bonchev–Trinajstić information content (AvgIpc) is 2.96. The van der Waals surface area contributed by atoms with Crippen LogP contribution in [0.5, 0.6) is 0 Å². The van der Waals surface area contributed by atoms with Gasteiger partial charge in [0, 0.05) is 44.1 Å². The minimum absolute atomic E-state index is 0.290. The monoisotopic (exact) mass is 421 g/mol. The molecule has 160 valence electrons. The van der Waals surface area contributed by atoms with Crippen molar-refractivity contribution in [2.45, 2.75) is 25.0 Å². The normalized spacial score (nSPS) is 17.6. The molecule has 3 aromatic rings. The number of nitrogens with one attached hydrogen (secondary N) is 2. The number of amides is 1. The zero-order chi connectivity index (χ0) is 21.8. The van der Waals surface area contributed by atoms with Crippen molar-refractivity contribution in [2.75, 3.05) is 19.7 Å². The van der Waals surface area contributed by atoms with Crippen LogP contribution in [0.4, 0.5) is 0 Å². The van der Waals surface area contributed by atoms with E-state index in [0.717, 1.165) is 24.1 Å². The molecule has 31 heavy (non-hydrogen) atoms. The predicted octanol–water partition coefficient (Wildman–Crippen LogP) is 1.12. The first-order chi connectivity index (χ1) is 15.0. The second kappa shape index (κ2) is 9.12. The van der Waals surface area contributed by atoms with Crippen LogP contribution in [0, 0.1) is 11.3 Å². The van der Waals surface area contributed by atoms with Gasteiger partial charge in [-0.05, 0) is 36.7 Å². The lowest BCUT2D eigenvalue weighted by Crippen LogP contribution is -2.46. The van der Waals surface area contributed by atoms with Gasteiger partial charge in [0.1, 0.15) is 12.1 Å². The summed E-state index contributed by atoms with van der Waals surface area (Å²) in [5, 5.41) is 15.4. The topological polar surface area (TPSA) is 122 Å². The number of ether oxygens (including phenoxy) is 1. The summed E-state index contributed by atoms with van der Waals surface area (Å²) in [6, 6.07) is 10.6. The molecule has 1 aliphatic heterocycles. The second-order valence-corrected chi connectivity index (χ2v) is 7.46. The van der Waals surface area contributed by atoms with Crippen LogP contribution in [0.1, 0.15) is 12.1 Å². The highest BCUT2D eigenvalue weighted by molar-refractivity contribution is 5.82. The highest BCUT2D eigenvalue weighted by atomic mass is 16.5. The van der Waals surface area contributed by atoms with Crippen molar-refractivity contribution >= 4 is 17.0 Å². The summed E-state index contributed by atoms with van der Waals surface area (Å²) in [6.07, 6.45) is 2.26. The first kappa shape index (κ1) is 20.8. The summed E-state index contributed by atoms with van der Waals surface area (Å²) in [7, 11) is 1.66. The fourth-order valence-corrected chi connectivity index (χ4v) is 3.51.